The molecule has 1 unspecified atom stereocenters. The Labute approximate surface area is 98.7 Å². The number of hydrogen-bond donors (Lipinski definition) is 1. The van der Waals surface area contributed by atoms with Crippen molar-refractivity contribution >= 4 is 21.6 Å². The third kappa shape index (κ3) is 1.83. The van der Waals surface area contributed by atoms with Gasteiger partial charge in [-0.2, -0.15) is 0 Å². The SMILES string of the molecule is Cc1cc2c(CC(N)C3CC3)ncnc2s1. The molecular formula is C12H15N3S. The largest absolute Gasteiger partial charge is 0.327 e. The van der Waals surface area contributed by atoms with Crippen molar-refractivity contribution < 1.29 is 0 Å². The summed E-state index contributed by atoms with van der Waals surface area (Å²) in [6.45, 7) is 2.11. The van der Waals surface area contributed by atoms with Crippen molar-refractivity contribution in [2.45, 2.75) is 32.2 Å². The number of nitrogens with two attached hydrogens (primary N) is 1. The minimum Gasteiger partial charge on any atom is -0.327 e. The highest BCUT2D eigenvalue weighted by atomic mass is 32.1. The van der Waals surface area contributed by atoms with Gasteiger partial charge in [-0.15, -0.1) is 11.3 Å². The molecule has 3 rings (SSSR count). The molecule has 2 aromatic rings. The highest BCUT2D eigenvalue weighted by Gasteiger charge is 2.29. The number of aromatic nitrogens is 2. The third-order valence-electron chi connectivity index (χ3n) is 3.19. The van der Waals surface area contributed by atoms with Crippen molar-refractivity contribution in [2.24, 2.45) is 11.7 Å². The van der Waals surface area contributed by atoms with Gasteiger partial charge in [0.15, 0.2) is 0 Å². The first kappa shape index (κ1) is 10.2. The Balaban J connectivity index is 1.95. The van der Waals surface area contributed by atoms with Gasteiger partial charge < -0.3 is 5.73 Å². The Kier molecular flexibility index (Phi) is 2.41. The van der Waals surface area contributed by atoms with Gasteiger partial charge in [0.05, 0.1) is 5.69 Å². The number of aryl methyl sites for hydroxylation is 1. The number of hydrogen-bond acceptors (Lipinski definition) is 4. The van der Waals surface area contributed by atoms with Crippen LogP contribution in [0.2, 0.25) is 0 Å². The number of thiophene rings is 1. The van der Waals surface area contributed by atoms with Crippen molar-refractivity contribution in [3.63, 3.8) is 0 Å². The number of nitrogens with zero attached hydrogens (tertiary/aromatic N) is 2. The van der Waals surface area contributed by atoms with E-state index in [4.69, 9.17) is 5.73 Å². The van der Waals surface area contributed by atoms with Crippen LogP contribution in [0.15, 0.2) is 12.4 Å². The third-order valence-corrected chi connectivity index (χ3v) is 4.15. The summed E-state index contributed by atoms with van der Waals surface area (Å²) >= 11 is 1.73. The van der Waals surface area contributed by atoms with Crippen molar-refractivity contribution in [1.29, 1.82) is 0 Å². The maximum atomic E-state index is 6.15. The van der Waals surface area contributed by atoms with E-state index in [0.717, 1.165) is 22.9 Å². The maximum Gasteiger partial charge on any atom is 0.127 e. The quantitative estimate of drug-likeness (QED) is 0.885. The summed E-state index contributed by atoms with van der Waals surface area (Å²) in [4.78, 5) is 11.1. The maximum absolute atomic E-state index is 6.15. The van der Waals surface area contributed by atoms with Gasteiger partial charge in [0, 0.05) is 22.7 Å². The number of fused-ring (bicyclic) bond motifs is 1. The molecule has 0 spiro atoms. The molecule has 0 aliphatic heterocycles. The Morgan fingerprint density at radius 3 is 3.06 bits per heavy atom. The van der Waals surface area contributed by atoms with Gasteiger partial charge in [-0.25, -0.2) is 9.97 Å². The molecule has 0 aromatic carbocycles. The summed E-state index contributed by atoms with van der Waals surface area (Å²) in [6.07, 6.45) is 5.13. The molecule has 4 heteroatoms. The summed E-state index contributed by atoms with van der Waals surface area (Å²) in [5, 5.41) is 1.20. The van der Waals surface area contributed by atoms with Gasteiger partial charge in [0.25, 0.3) is 0 Å². The molecule has 2 aromatic heterocycles. The molecule has 16 heavy (non-hydrogen) atoms. The second-order valence-electron chi connectivity index (χ2n) is 4.60. The zero-order valence-electron chi connectivity index (χ0n) is 9.31. The van der Waals surface area contributed by atoms with Crippen molar-refractivity contribution in [3.05, 3.63) is 23.0 Å². The fourth-order valence-corrected chi connectivity index (χ4v) is 2.97. The highest BCUT2D eigenvalue weighted by Crippen LogP contribution is 2.34. The lowest BCUT2D eigenvalue weighted by Crippen LogP contribution is -2.25. The molecule has 0 radical (unpaired) electrons. The molecule has 2 N–H and O–H groups in total. The van der Waals surface area contributed by atoms with Gasteiger partial charge in [-0.1, -0.05) is 0 Å². The van der Waals surface area contributed by atoms with E-state index in [0.29, 0.717) is 0 Å². The Hall–Kier alpha value is -1.00. The molecule has 1 atom stereocenters. The summed E-state index contributed by atoms with van der Waals surface area (Å²) in [6, 6.07) is 2.45. The molecule has 1 saturated carbocycles. The predicted octanol–water partition coefficient (Wildman–Crippen LogP) is 2.28. The van der Waals surface area contributed by atoms with Gasteiger partial charge in [-0.05, 0) is 31.7 Å². The van der Waals surface area contributed by atoms with Crippen LogP contribution in [0.4, 0.5) is 0 Å². The van der Waals surface area contributed by atoms with Crippen molar-refractivity contribution in [2.75, 3.05) is 0 Å². The lowest BCUT2D eigenvalue weighted by molar-refractivity contribution is 0.586. The van der Waals surface area contributed by atoms with Crippen LogP contribution in [0.1, 0.15) is 23.4 Å². The molecule has 84 valence electrons. The van der Waals surface area contributed by atoms with Crippen LogP contribution in [0, 0.1) is 12.8 Å². The van der Waals surface area contributed by atoms with E-state index in [1.807, 2.05) is 0 Å². The monoisotopic (exact) mass is 233 g/mol. The van der Waals surface area contributed by atoms with Gasteiger partial charge in [-0.3, -0.25) is 0 Å². The van der Waals surface area contributed by atoms with E-state index >= 15 is 0 Å². The van der Waals surface area contributed by atoms with E-state index in [1.54, 1.807) is 17.7 Å². The van der Waals surface area contributed by atoms with Crippen LogP contribution in [-0.2, 0) is 6.42 Å². The van der Waals surface area contributed by atoms with Crippen molar-refractivity contribution in [1.82, 2.24) is 9.97 Å². The molecule has 0 bridgehead atoms. The van der Waals surface area contributed by atoms with Crippen LogP contribution >= 0.6 is 11.3 Å². The Morgan fingerprint density at radius 2 is 2.31 bits per heavy atom. The van der Waals surface area contributed by atoms with E-state index in [-0.39, 0.29) is 6.04 Å². The van der Waals surface area contributed by atoms with E-state index in [9.17, 15) is 0 Å². The molecule has 2 heterocycles. The Morgan fingerprint density at radius 1 is 1.50 bits per heavy atom. The highest BCUT2D eigenvalue weighted by molar-refractivity contribution is 7.18. The fraction of sp³-hybridized carbons (Fsp3) is 0.500. The van der Waals surface area contributed by atoms with Crippen molar-refractivity contribution in [3.8, 4) is 0 Å². The molecular weight excluding hydrogens is 218 g/mol. The first-order chi connectivity index (χ1) is 7.74. The van der Waals surface area contributed by atoms with E-state index in [1.165, 1.54) is 23.1 Å². The van der Waals surface area contributed by atoms with Crippen LogP contribution in [0.3, 0.4) is 0 Å². The van der Waals surface area contributed by atoms with Gasteiger partial charge >= 0.3 is 0 Å². The van der Waals surface area contributed by atoms with Gasteiger partial charge in [0.2, 0.25) is 0 Å². The molecule has 1 aliphatic rings. The minimum atomic E-state index is 0.276. The van der Waals surface area contributed by atoms with Crippen LogP contribution in [-0.4, -0.2) is 16.0 Å². The standard InChI is InChI=1S/C12H15N3S/c1-7-4-9-11(5-10(13)8-2-3-8)14-6-15-12(9)16-7/h4,6,8,10H,2-3,5,13H2,1H3. The molecule has 1 aliphatic carbocycles. The topological polar surface area (TPSA) is 51.8 Å². The zero-order chi connectivity index (χ0) is 11.1. The lowest BCUT2D eigenvalue weighted by Gasteiger charge is -2.09. The average molecular weight is 233 g/mol. The molecule has 0 amide bonds. The molecule has 0 saturated heterocycles. The molecule has 1 fully saturated rings. The van der Waals surface area contributed by atoms with Gasteiger partial charge in [0.1, 0.15) is 11.2 Å². The normalized spacial score (nSPS) is 17.9. The average Bonchev–Trinajstić information content (AvgIpc) is 3.01. The predicted molar refractivity (Wildman–Crippen MR) is 66.6 cm³/mol. The first-order valence-corrected chi connectivity index (χ1v) is 6.51. The lowest BCUT2D eigenvalue weighted by atomic mass is 10.1. The number of rotatable bonds is 3. The van der Waals surface area contributed by atoms with E-state index in [2.05, 4.69) is 23.0 Å². The zero-order valence-corrected chi connectivity index (χ0v) is 10.1. The summed E-state index contributed by atoms with van der Waals surface area (Å²) < 4.78 is 0. The minimum absolute atomic E-state index is 0.276. The smallest absolute Gasteiger partial charge is 0.127 e. The summed E-state index contributed by atoms with van der Waals surface area (Å²) in [7, 11) is 0. The second-order valence-corrected chi connectivity index (χ2v) is 5.84. The molecule has 3 nitrogen and oxygen atoms in total. The summed E-state index contributed by atoms with van der Waals surface area (Å²) in [5.41, 5.74) is 7.27. The summed E-state index contributed by atoms with van der Waals surface area (Å²) in [5.74, 6) is 0.727. The Bertz CT molecular complexity index is 516. The van der Waals surface area contributed by atoms with E-state index < -0.39 is 0 Å². The fourth-order valence-electron chi connectivity index (χ4n) is 2.10. The van der Waals surface area contributed by atoms with Crippen LogP contribution in [0.5, 0.6) is 0 Å². The van der Waals surface area contributed by atoms with Crippen LogP contribution < -0.4 is 5.73 Å². The first-order valence-electron chi connectivity index (χ1n) is 5.69. The second kappa shape index (κ2) is 3.79. The van der Waals surface area contributed by atoms with Crippen LogP contribution in [0.25, 0.3) is 10.2 Å².